The highest BCUT2D eigenvalue weighted by atomic mass is 32.1. The summed E-state index contributed by atoms with van der Waals surface area (Å²) in [5.41, 5.74) is 1.13. The van der Waals surface area contributed by atoms with Crippen molar-refractivity contribution in [2.24, 2.45) is 0 Å². The quantitative estimate of drug-likeness (QED) is 0.508. The molecule has 2 heterocycles. The van der Waals surface area contributed by atoms with Gasteiger partial charge in [-0.25, -0.2) is 4.98 Å². The van der Waals surface area contributed by atoms with E-state index in [-0.39, 0.29) is 11.6 Å². The molecule has 0 aliphatic heterocycles. The molecule has 3 rings (SSSR count). The average molecular weight is 375 g/mol. The lowest BCUT2D eigenvalue weighted by Gasteiger charge is -2.04. The van der Waals surface area contributed by atoms with Gasteiger partial charge in [-0.3, -0.25) is 20.2 Å². The number of carbonyl (C=O) groups is 1. The molecular weight excluding hydrogens is 362 g/mol. The van der Waals surface area contributed by atoms with Crippen molar-refractivity contribution in [3.05, 3.63) is 56.8 Å². The number of rotatable bonds is 6. The van der Waals surface area contributed by atoms with Crippen LogP contribution in [0.3, 0.4) is 0 Å². The highest BCUT2D eigenvalue weighted by molar-refractivity contribution is 7.16. The van der Waals surface area contributed by atoms with E-state index in [1.165, 1.54) is 34.1 Å². The highest BCUT2D eigenvalue weighted by Gasteiger charge is 2.14. The van der Waals surface area contributed by atoms with Gasteiger partial charge >= 0.3 is 0 Å². The van der Waals surface area contributed by atoms with Gasteiger partial charge in [0.2, 0.25) is 0 Å². The first-order valence-electron chi connectivity index (χ1n) is 7.30. The highest BCUT2D eigenvalue weighted by Crippen LogP contribution is 2.33. The molecule has 1 N–H and O–H groups in total. The van der Waals surface area contributed by atoms with Crippen LogP contribution in [0.1, 0.15) is 17.3 Å². The molecular formula is C16H13N3O4S2. The number of carbonyl (C=O) groups excluding carboxylic acids is 1. The normalized spacial score (nSPS) is 10.4. The zero-order valence-corrected chi connectivity index (χ0v) is 14.7. The van der Waals surface area contributed by atoms with Gasteiger partial charge in [0.15, 0.2) is 5.13 Å². The third-order valence-electron chi connectivity index (χ3n) is 3.20. The van der Waals surface area contributed by atoms with Crippen molar-refractivity contribution in [3.8, 4) is 16.3 Å². The minimum atomic E-state index is -0.443. The maximum absolute atomic E-state index is 12.3. The van der Waals surface area contributed by atoms with E-state index in [1.54, 1.807) is 29.6 Å². The van der Waals surface area contributed by atoms with E-state index >= 15 is 0 Å². The van der Waals surface area contributed by atoms with E-state index in [1.807, 2.05) is 6.92 Å². The SMILES string of the molecule is CCOc1ccc(C(=O)Nc2nc(-c3cc([N+](=O)[O-])cs3)cs2)cc1. The van der Waals surface area contributed by atoms with Crippen LogP contribution in [0.4, 0.5) is 10.8 Å². The first kappa shape index (κ1) is 17.1. The predicted octanol–water partition coefficient (Wildman–Crippen LogP) is 4.43. The molecule has 0 atom stereocenters. The number of ether oxygens (including phenoxy) is 1. The average Bonchev–Trinajstić information content (AvgIpc) is 3.25. The maximum Gasteiger partial charge on any atom is 0.280 e. The molecule has 0 fully saturated rings. The molecule has 0 bridgehead atoms. The summed E-state index contributed by atoms with van der Waals surface area (Å²) in [6.45, 7) is 2.46. The molecule has 0 spiro atoms. The van der Waals surface area contributed by atoms with Crippen molar-refractivity contribution < 1.29 is 14.5 Å². The van der Waals surface area contributed by atoms with Crippen LogP contribution in [0.5, 0.6) is 5.75 Å². The fourth-order valence-corrected chi connectivity index (χ4v) is 3.64. The summed E-state index contributed by atoms with van der Waals surface area (Å²) in [7, 11) is 0. The van der Waals surface area contributed by atoms with E-state index in [0.29, 0.717) is 33.6 Å². The van der Waals surface area contributed by atoms with Crippen LogP contribution in [0.15, 0.2) is 41.1 Å². The number of benzene rings is 1. The molecule has 0 aliphatic carbocycles. The van der Waals surface area contributed by atoms with E-state index in [9.17, 15) is 14.9 Å². The Bertz CT molecular complexity index is 902. The second-order valence-electron chi connectivity index (χ2n) is 4.88. The predicted molar refractivity (Wildman–Crippen MR) is 97.6 cm³/mol. The summed E-state index contributed by atoms with van der Waals surface area (Å²) in [6.07, 6.45) is 0. The van der Waals surface area contributed by atoms with Crippen LogP contribution in [0, 0.1) is 10.1 Å². The van der Waals surface area contributed by atoms with Gasteiger partial charge < -0.3 is 4.74 Å². The Morgan fingerprint density at radius 3 is 2.68 bits per heavy atom. The number of aromatic nitrogens is 1. The van der Waals surface area contributed by atoms with E-state index in [0.717, 1.165) is 0 Å². The van der Waals surface area contributed by atoms with Crippen molar-refractivity contribution in [3.63, 3.8) is 0 Å². The van der Waals surface area contributed by atoms with Crippen molar-refractivity contribution in [1.82, 2.24) is 4.98 Å². The molecule has 0 saturated heterocycles. The number of thiazole rings is 1. The first-order valence-corrected chi connectivity index (χ1v) is 9.06. The molecule has 0 aliphatic rings. The number of amides is 1. The molecule has 25 heavy (non-hydrogen) atoms. The zero-order chi connectivity index (χ0) is 17.8. The number of hydrogen-bond donors (Lipinski definition) is 1. The second kappa shape index (κ2) is 7.41. The van der Waals surface area contributed by atoms with Crippen LogP contribution in [0.2, 0.25) is 0 Å². The van der Waals surface area contributed by atoms with Crippen LogP contribution >= 0.6 is 22.7 Å². The molecule has 3 aromatic rings. The van der Waals surface area contributed by atoms with E-state index in [4.69, 9.17) is 4.74 Å². The maximum atomic E-state index is 12.3. The Kier molecular flexibility index (Phi) is 5.05. The largest absolute Gasteiger partial charge is 0.494 e. The second-order valence-corrected chi connectivity index (χ2v) is 6.65. The summed E-state index contributed by atoms with van der Waals surface area (Å²) in [4.78, 5) is 27.6. The number of nitrogens with one attached hydrogen (secondary N) is 1. The molecule has 1 amide bonds. The zero-order valence-electron chi connectivity index (χ0n) is 13.1. The van der Waals surface area contributed by atoms with Gasteiger partial charge in [0.25, 0.3) is 11.6 Å². The number of nitro groups is 1. The standard InChI is InChI=1S/C16H13N3O4S2/c1-2-23-12-5-3-10(4-6-12)15(20)18-16-17-13(9-25-16)14-7-11(8-24-14)19(21)22/h3-9H,2H2,1H3,(H,17,18,20). The summed E-state index contributed by atoms with van der Waals surface area (Å²) < 4.78 is 5.34. The Morgan fingerprint density at radius 2 is 2.04 bits per heavy atom. The van der Waals surface area contributed by atoms with Crippen LogP contribution in [-0.2, 0) is 0 Å². The lowest BCUT2D eigenvalue weighted by molar-refractivity contribution is -0.384. The smallest absolute Gasteiger partial charge is 0.280 e. The summed E-state index contributed by atoms with van der Waals surface area (Å²) in [5, 5.41) is 17.1. The third-order valence-corrected chi connectivity index (χ3v) is 4.90. The lowest BCUT2D eigenvalue weighted by atomic mass is 10.2. The fourth-order valence-electron chi connectivity index (χ4n) is 2.04. The van der Waals surface area contributed by atoms with Crippen molar-refractivity contribution in [1.29, 1.82) is 0 Å². The monoisotopic (exact) mass is 375 g/mol. The van der Waals surface area contributed by atoms with Crippen LogP contribution in [-0.4, -0.2) is 22.4 Å². The molecule has 128 valence electrons. The van der Waals surface area contributed by atoms with Crippen LogP contribution < -0.4 is 10.1 Å². The number of nitrogens with zero attached hydrogens (tertiary/aromatic N) is 2. The van der Waals surface area contributed by atoms with Gasteiger partial charge in [-0.2, -0.15) is 0 Å². The number of hydrogen-bond acceptors (Lipinski definition) is 7. The Morgan fingerprint density at radius 1 is 1.28 bits per heavy atom. The first-order chi connectivity index (χ1) is 12.1. The molecule has 9 heteroatoms. The van der Waals surface area contributed by atoms with Gasteiger partial charge in [0.05, 0.1) is 27.5 Å². The molecule has 0 radical (unpaired) electrons. The Hall–Kier alpha value is -2.78. The lowest BCUT2D eigenvalue weighted by Crippen LogP contribution is -2.11. The molecule has 7 nitrogen and oxygen atoms in total. The minimum Gasteiger partial charge on any atom is -0.494 e. The van der Waals surface area contributed by atoms with Gasteiger partial charge in [-0.15, -0.1) is 22.7 Å². The van der Waals surface area contributed by atoms with Gasteiger partial charge in [-0.1, -0.05) is 0 Å². The minimum absolute atomic E-state index is 0.0352. The molecule has 0 unspecified atom stereocenters. The van der Waals surface area contributed by atoms with Crippen molar-refractivity contribution in [2.45, 2.75) is 6.92 Å². The fraction of sp³-hybridized carbons (Fsp3) is 0.125. The van der Waals surface area contributed by atoms with Crippen molar-refractivity contribution >= 4 is 39.4 Å². The number of thiophene rings is 1. The van der Waals surface area contributed by atoms with E-state index in [2.05, 4.69) is 10.3 Å². The Labute approximate surface area is 151 Å². The van der Waals surface area contributed by atoms with Gasteiger partial charge in [0.1, 0.15) is 5.75 Å². The van der Waals surface area contributed by atoms with E-state index < -0.39 is 4.92 Å². The molecule has 0 saturated carbocycles. The Balaban J connectivity index is 1.69. The molecule has 1 aromatic carbocycles. The van der Waals surface area contributed by atoms with Crippen molar-refractivity contribution in [2.75, 3.05) is 11.9 Å². The molecule has 2 aromatic heterocycles. The van der Waals surface area contributed by atoms with Crippen LogP contribution in [0.25, 0.3) is 10.6 Å². The number of anilines is 1. The summed E-state index contributed by atoms with van der Waals surface area (Å²) >= 11 is 2.51. The summed E-state index contributed by atoms with van der Waals surface area (Å²) in [5.74, 6) is 0.427. The topological polar surface area (TPSA) is 94.4 Å². The van der Waals surface area contributed by atoms with Gasteiger partial charge in [-0.05, 0) is 31.2 Å². The van der Waals surface area contributed by atoms with Gasteiger partial charge in [0, 0.05) is 17.0 Å². The summed E-state index contributed by atoms with van der Waals surface area (Å²) in [6, 6.07) is 8.29. The third kappa shape index (κ3) is 4.01.